The highest BCUT2D eigenvalue weighted by atomic mass is 35.5. The average Bonchev–Trinajstić information content (AvgIpc) is 2.09. The summed E-state index contributed by atoms with van der Waals surface area (Å²) in [5.41, 5.74) is 1.32. The first kappa shape index (κ1) is 10.0. The summed E-state index contributed by atoms with van der Waals surface area (Å²) in [4.78, 5) is 0. The summed E-state index contributed by atoms with van der Waals surface area (Å²) in [5, 5.41) is 4.38. The Morgan fingerprint density at radius 2 is 2.21 bits per heavy atom. The number of rotatable bonds is 4. The molecule has 1 aromatic rings. The third kappa shape index (κ3) is 2.73. The van der Waals surface area contributed by atoms with E-state index in [-0.39, 0.29) is 0 Å². The third-order valence-electron chi connectivity index (χ3n) is 2.84. The second-order valence-corrected chi connectivity index (χ2v) is 4.40. The third-order valence-corrected chi connectivity index (χ3v) is 3.08. The summed E-state index contributed by atoms with van der Waals surface area (Å²) >= 11 is 5.90. The van der Waals surface area contributed by atoms with Gasteiger partial charge in [0.25, 0.3) is 0 Å². The van der Waals surface area contributed by atoms with Crippen LogP contribution in [-0.2, 0) is 6.42 Å². The first-order valence-electron chi connectivity index (χ1n) is 5.32. The van der Waals surface area contributed by atoms with Crippen molar-refractivity contribution in [3.8, 4) is 0 Å². The van der Waals surface area contributed by atoms with Crippen molar-refractivity contribution in [2.24, 2.45) is 0 Å². The normalized spacial score (nSPS) is 16.6. The van der Waals surface area contributed by atoms with Crippen LogP contribution in [0.2, 0.25) is 5.02 Å². The minimum Gasteiger partial charge on any atom is -0.314 e. The molecule has 14 heavy (non-hydrogen) atoms. The van der Waals surface area contributed by atoms with Crippen LogP contribution in [0.3, 0.4) is 0 Å². The lowest BCUT2D eigenvalue weighted by atomic mass is 9.93. The first-order chi connectivity index (χ1) is 6.84. The molecule has 0 saturated heterocycles. The predicted octanol–water partition coefficient (Wildman–Crippen LogP) is 3.02. The van der Waals surface area contributed by atoms with Gasteiger partial charge in [0.1, 0.15) is 0 Å². The van der Waals surface area contributed by atoms with Crippen LogP contribution in [0.15, 0.2) is 24.3 Å². The molecular formula is C12H16ClN. The van der Waals surface area contributed by atoms with Crippen LogP contribution in [0, 0.1) is 0 Å². The van der Waals surface area contributed by atoms with Gasteiger partial charge in [0.2, 0.25) is 0 Å². The number of hydrogen-bond donors (Lipinski definition) is 1. The van der Waals surface area contributed by atoms with E-state index in [9.17, 15) is 0 Å². The van der Waals surface area contributed by atoms with Gasteiger partial charge in [0, 0.05) is 11.1 Å². The Hall–Kier alpha value is -0.530. The molecule has 0 amide bonds. The molecule has 1 aliphatic rings. The molecule has 76 valence electrons. The van der Waals surface area contributed by atoms with Crippen molar-refractivity contribution in [3.63, 3.8) is 0 Å². The van der Waals surface area contributed by atoms with Crippen molar-refractivity contribution in [1.82, 2.24) is 5.32 Å². The second-order valence-electron chi connectivity index (χ2n) is 3.96. The zero-order valence-corrected chi connectivity index (χ0v) is 9.06. The number of halogens is 1. The minimum atomic E-state index is 0.786. The molecule has 1 aromatic carbocycles. The van der Waals surface area contributed by atoms with E-state index < -0.39 is 0 Å². The van der Waals surface area contributed by atoms with E-state index in [1.165, 1.54) is 24.8 Å². The summed E-state index contributed by atoms with van der Waals surface area (Å²) < 4.78 is 0. The van der Waals surface area contributed by atoms with Crippen molar-refractivity contribution in [2.75, 3.05) is 6.54 Å². The second kappa shape index (κ2) is 4.81. The van der Waals surface area contributed by atoms with Crippen LogP contribution in [-0.4, -0.2) is 12.6 Å². The van der Waals surface area contributed by atoms with Gasteiger partial charge in [-0.15, -0.1) is 0 Å². The SMILES string of the molecule is Clc1cccc(CCNC2CCC2)c1. The standard InChI is InChI=1S/C12H16ClN/c13-11-4-1-3-10(9-11)7-8-14-12-5-2-6-12/h1,3-4,9,12,14H,2,5-8H2. The van der Waals surface area contributed by atoms with E-state index in [4.69, 9.17) is 11.6 Å². The Morgan fingerprint density at radius 1 is 1.36 bits per heavy atom. The van der Waals surface area contributed by atoms with E-state index in [1.807, 2.05) is 18.2 Å². The van der Waals surface area contributed by atoms with Crippen LogP contribution in [0.25, 0.3) is 0 Å². The van der Waals surface area contributed by atoms with Crippen LogP contribution >= 0.6 is 11.6 Å². The van der Waals surface area contributed by atoms with Crippen molar-refractivity contribution in [3.05, 3.63) is 34.9 Å². The number of hydrogen-bond acceptors (Lipinski definition) is 1. The first-order valence-corrected chi connectivity index (χ1v) is 5.70. The lowest BCUT2D eigenvalue weighted by Gasteiger charge is -2.26. The zero-order chi connectivity index (χ0) is 9.80. The fraction of sp³-hybridized carbons (Fsp3) is 0.500. The molecule has 1 nitrogen and oxygen atoms in total. The lowest BCUT2D eigenvalue weighted by molar-refractivity contribution is 0.342. The minimum absolute atomic E-state index is 0.786. The molecule has 1 fully saturated rings. The fourth-order valence-electron chi connectivity index (χ4n) is 1.73. The van der Waals surface area contributed by atoms with Gasteiger partial charge in [-0.05, 0) is 43.5 Å². The number of nitrogens with one attached hydrogen (secondary N) is 1. The Morgan fingerprint density at radius 3 is 2.86 bits per heavy atom. The van der Waals surface area contributed by atoms with Gasteiger partial charge in [-0.25, -0.2) is 0 Å². The monoisotopic (exact) mass is 209 g/mol. The summed E-state index contributed by atoms with van der Waals surface area (Å²) in [7, 11) is 0. The van der Waals surface area contributed by atoms with E-state index in [2.05, 4.69) is 11.4 Å². The van der Waals surface area contributed by atoms with Gasteiger partial charge in [-0.1, -0.05) is 30.2 Å². The zero-order valence-electron chi connectivity index (χ0n) is 8.30. The molecule has 1 aliphatic carbocycles. The highest BCUT2D eigenvalue weighted by molar-refractivity contribution is 6.30. The molecule has 0 unspecified atom stereocenters. The molecule has 0 heterocycles. The summed E-state index contributed by atoms with van der Waals surface area (Å²) in [6.07, 6.45) is 5.19. The summed E-state index contributed by atoms with van der Waals surface area (Å²) in [6.45, 7) is 1.07. The molecule has 1 N–H and O–H groups in total. The molecule has 0 aromatic heterocycles. The lowest BCUT2D eigenvalue weighted by Crippen LogP contribution is -2.36. The fourth-order valence-corrected chi connectivity index (χ4v) is 1.94. The van der Waals surface area contributed by atoms with Crippen LogP contribution in [0.5, 0.6) is 0 Å². The average molecular weight is 210 g/mol. The highest BCUT2D eigenvalue weighted by Gasteiger charge is 2.15. The molecule has 2 heteroatoms. The van der Waals surface area contributed by atoms with Crippen molar-refractivity contribution in [1.29, 1.82) is 0 Å². The quantitative estimate of drug-likeness (QED) is 0.804. The number of benzene rings is 1. The van der Waals surface area contributed by atoms with Gasteiger partial charge < -0.3 is 5.32 Å². The Bertz CT molecular complexity index is 294. The molecule has 0 bridgehead atoms. The van der Waals surface area contributed by atoms with Crippen molar-refractivity contribution >= 4 is 11.6 Å². The highest BCUT2D eigenvalue weighted by Crippen LogP contribution is 2.18. The van der Waals surface area contributed by atoms with Gasteiger partial charge in [0.05, 0.1) is 0 Å². The summed E-state index contributed by atoms with van der Waals surface area (Å²) in [6, 6.07) is 8.90. The van der Waals surface area contributed by atoms with Gasteiger partial charge in [-0.3, -0.25) is 0 Å². The van der Waals surface area contributed by atoms with Crippen LogP contribution in [0.1, 0.15) is 24.8 Å². The van der Waals surface area contributed by atoms with E-state index in [1.54, 1.807) is 0 Å². The molecule has 0 aliphatic heterocycles. The molecule has 2 rings (SSSR count). The van der Waals surface area contributed by atoms with Gasteiger partial charge >= 0.3 is 0 Å². The molecular weight excluding hydrogens is 194 g/mol. The van der Waals surface area contributed by atoms with Crippen LogP contribution in [0.4, 0.5) is 0 Å². The van der Waals surface area contributed by atoms with Crippen molar-refractivity contribution in [2.45, 2.75) is 31.7 Å². The molecule has 0 atom stereocenters. The van der Waals surface area contributed by atoms with Gasteiger partial charge in [-0.2, -0.15) is 0 Å². The maximum absolute atomic E-state index is 5.90. The maximum atomic E-state index is 5.90. The molecule has 0 spiro atoms. The van der Waals surface area contributed by atoms with E-state index >= 15 is 0 Å². The molecule has 0 radical (unpaired) electrons. The summed E-state index contributed by atoms with van der Waals surface area (Å²) in [5.74, 6) is 0. The van der Waals surface area contributed by atoms with E-state index in [0.29, 0.717) is 0 Å². The Kier molecular flexibility index (Phi) is 3.44. The van der Waals surface area contributed by atoms with Crippen LogP contribution < -0.4 is 5.32 Å². The Labute approximate surface area is 90.5 Å². The maximum Gasteiger partial charge on any atom is 0.0408 e. The molecule has 1 saturated carbocycles. The Balaban J connectivity index is 1.74. The smallest absolute Gasteiger partial charge is 0.0408 e. The van der Waals surface area contributed by atoms with Crippen molar-refractivity contribution < 1.29 is 0 Å². The largest absolute Gasteiger partial charge is 0.314 e. The van der Waals surface area contributed by atoms with Gasteiger partial charge in [0.15, 0.2) is 0 Å². The van der Waals surface area contributed by atoms with E-state index in [0.717, 1.165) is 24.0 Å². The predicted molar refractivity (Wildman–Crippen MR) is 60.8 cm³/mol. The topological polar surface area (TPSA) is 12.0 Å².